The molecule has 2 heteroatoms. The maximum absolute atomic E-state index is 11.4. The van der Waals surface area contributed by atoms with Crippen LogP contribution in [0.3, 0.4) is 0 Å². The topological polar surface area (TPSA) is 26.3 Å². The van der Waals surface area contributed by atoms with Crippen LogP contribution in [0.15, 0.2) is 0 Å². The second kappa shape index (κ2) is 9.49. The van der Waals surface area contributed by atoms with Crippen molar-refractivity contribution in [2.75, 3.05) is 6.61 Å². The van der Waals surface area contributed by atoms with Crippen molar-refractivity contribution in [1.82, 2.24) is 0 Å². The van der Waals surface area contributed by atoms with E-state index >= 15 is 0 Å². The molecule has 0 rings (SSSR count). The van der Waals surface area contributed by atoms with Gasteiger partial charge in [-0.15, -0.1) is 0 Å². The van der Waals surface area contributed by atoms with Crippen LogP contribution in [0.4, 0.5) is 0 Å². The molecule has 2 nitrogen and oxygen atoms in total. The highest BCUT2D eigenvalue weighted by atomic mass is 16.5. The van der Waals surface area contributed by atoms with E-state index in [0.29, 0.717) is 6.61 Å². The molecule has 0 spiro atoms. The predicted molar refractivity (Wildman–Crippen MR) is 73.0 cm³/mol. The van der Waals surface area contributed by atoms with Crippen LogP contribution in [-0.4, -0.2) is 12.6 Å². The van der Waals surface area contributed by atoms with Crippen LogP contribution in [0.25, 0.3) is 0 Å². The van der Waals surface area contributed by atoms with Gasteiger partial charge in [0, 0.05) is 0 Å². The van der Waals surface area contributed by atoms with Crippen molar-refractivity contribution in [2.24, 2.45) is 5.41 Å². The second-order valence-corrected chi connectivity index (χ2v) is 5.86. The average Bonchev–Trinajstić information content (AvgIpc) is 2.25. The zero-order valence-corrected chi connectivity index (χ0v) is 12.2. The van der Waals surface area contributed by atoms with Gasteiger partial charge in [0.25, 0.3) is 0 Å². The molecule has 0 aromatic carbocycles. The Morgan fingerprint density at radius 3 is 1.82 bits per heavy atom. The van der Waals surface area contributed by atoms with Crippen molar-refractivity contribution in [2.45, 2.75) is 79.1 Å². The quantitative estimate of drug-likeness (QED) is 0.432. The molecule has 0 amide bonds. The van der Waals surface area contributed by atoms with Gasteiger partial charge in [-0.1, -0.05) is 51.9 Å². The van der Waals surface area contributed by atoms with Gasteiger partial charge in [0.15, 0.2) is 0 Å². The zero-order chi connectivity index (χ0) is 13.1. The Morgan fingerprint density at radius 1 is 0.882 bits per heavy atom. The Morgan fingerprint density at radius 2 is 1.35 bits per heavy atom. The SMILES string of the molecule is CCCCCCCCCCOC(=O)C(C)(C)C. The van der Waals surface area contributed by atoms with Gasteiger partial charge in [-0.3, -0.25) is 4.79 Å². The summed E-state index contributed by atoms with van der Waals surface area (Å²) in [6.45, 7) is 8.50. The number of carbonyl (C=O) groups is 1. The van der Waals surface area contributed by atoms with Crippen LogP contribution in [0, 0.1) is 5.41 Å². The minimum atomic E-state index is -0.361. The molecule has 0 saturated heterocycles. The molecule has 0 aliphatic rings. The third-order valence-corrected chi connectivity index (χ3v) is 2.84. The summed E-state index contributed by atoms with van der Waals surface area (Å²) in [5.74, 6) is -0.0829. The summed E-state index contributed by atoms with van der Waals surface area (Å²) < 4.78 is 5.21. The van der Waals surface area contributed by atoms with E-state index in [1.807, 2.05) is 20.8 Å². The summed E-state index contributed by atoms with van der Waals surface area (Å²) in [5, 5.41) is 0. The van der Waals surface area contributed by atoms with Crippen LogP contribution in [0.2, 0.25) is 0 Å². The first kappa shape index (κ1) is 16.5. The van der Waals surface area contributed by atoms with Crippen LogP contribution in [0.5, 0.6) is 0 Å². The van der Waals surface area contributed by atoms with E-state index in [9.17, 15) is 4.79 Å². The summed E-state index contributed by atoms with van der Waals surface area (Å²) in [6.07, 6.45) is 10.2. The van der Waals surface area contributed by atoms with Gasteiger partial charge in [-0.2, -0.15) is 0 Å². The molecule has 0 N–H and O–H groups in total. The van der Waals surface area contributed by atoms with E-state index < -0.39 is 0 Å². The van der Waals surface area contributed by atoms with Gasteiger partial charge < -0.3 is 4.74 Å². The van der Waals surface area contributed by atoms with Crippen molar-refractivity contribution >= 4 is 5.97 Å². The smallest absolute Gasteiger partial charge is 0.311 e. The van der Waals surface area contributed by atoms with E-state index in [-0.39, 0.29) is 11.4 Å². The molecule has 17 heavy (non-hydrogen) atoms. The lowest BCUT2D eigenvalue weighted by molar-refractivity contribution is -0.153. The Hall–Kier alpha value is -0.530. The molecule has 0 aromatic rings. The Kier molecular flexibility index (Phi) is 9.20. The van der Waals surface area contributed by atoms with Gasteiger partial charge in [0.2, 0.25) is 0 Å². The molecule has 102 valence electrons. The van der Waals surface area contributed by atoms with Gasteiger partial charge in [0.1, 0.15) is 0 Å². The highest BCUT2D eigenvalue weighted by Crippen LogP contribution is 2.15. The number of esters is 1. The molecule has 0 aromatic heterocycles. The summed E-state index contributed by atoms with van der Waals surface area (Å²) >= 11 is 0. The van der Waals surface area contributed by atoms with Crippen LogP contribution < -0.4 is 0 Å². The van der Waals surface area contributed by atoms with Gasteiger partial charge >= 0.3 is 5.97 Å². The minimum absolute atomic E-state index is 0.0829. The molecule has 0 bridgehead atoms. The van der Waals surface area contributed by atoms with Gasteiger partial charge in [0.05, 0.1) is 12.0 Å². The molecule has 0 aliphatic carbocycles. The molecule has 0 aliphatic heterocycles. The summed E-state index contributed by atoms with van der Waals surface area (Å²) in [5.41, 5.74) is -0.361. The van der Waals surface area contributed by atoms with Crippen molar-refractivity contribution in [3.63, 3.8) is 0 Å². The number of hydrogen-bond donors (Lipinski definition) is 0. The van der Waals surface area contributed by atoms with Crippen molar-refractivity contribution < 1.29 is 9.53 Å². The molecule has 0 saturated carbocycles. The standard InChI is InChI=1S/C15H30O2/c1-5-6-7-8-9-10-11-12-13-17-14(16)15(2,3)4/h5-13H2,1-4H3. The molecular weight excluding hydrogens is 212 g/mol. The first-order chi connectivity index (χ1) is 7.98. The third kappa shape index (κ3) is 10.3. The lowest BCUT2D eigenvalue weighted by atomic mass is 9.97. The zero-order valence-electron chi connectivity index (χ0n) is 12.2. The Labute approximate surface area is 107 Å². The molecule has 0 unspecified atom stereocenters. The summed E-state index contributed by atoms with van der Waals surface area (Å²) in [4.78, 5) is 11.4. The highest BCUT2D eigenvalue weighted by molar-refractivity contribution is 5.75. The fraction of sp³-hybridized carbons (Fsp3) is 0.933. The maximum Gasteiger partial charge on any atom is 0.311 e. The van der Waals surface area contributed by atoms with Crippen molar-refractivity contribution in [1.29, 1.82) is 0 Å². The fourth-order valence-electron chi connectivity index (χ4n) is 1.62. The van der Waals surface area contributed by atoms with E-state index in [0.717, 1.165) is 6.42 Å². The van der Waals surface area contributed by atoms with Gasteiger partial charge in [-0.05, 0) is 27.2 Å². The number of hydrogen-bond acceptors (Lipinski definition) is 2. The van der Waals surface area contributed by atoms with Crippen LogP contribution in [-0.2, 0) is 9.53 Å². The number of unbranched alkanes of at least 4 members (excludes halogenated alkanes) is 7. The average molecular weight is 242 g/mol. The Bertz CT molecular complexity index is 192. The van der Waals surface area contributed by atoms with Crippen molar-refractivity contribution in [3.8, 4) is 0 Å². The molecule has 0 fully saturated rings. The summed E-state index contributed by atoms with van der Waals surface area (Å²) in [7, 11) is 0. The van der Waals surface area contributed by atoms with Crippen molar-refractivity contribution in [3.05, 3.63) is 0 Å². The van der Waals surface area contributed by atoms with E-state index in [2.05, 4.69) is 6.92 Å². The number of carbonyl (C=O) groups excluding carboxylic acids is 1. The van der Waals surface area contributed by atoms with Crippen LogP contribution >= 0.6 is 0 Å². The first-order valence-corrected chi connectivity index (χ1v) is 7.15. The number of ether oxygens (including phenoxy) is 1. The normalized spacial score (nSPS) is 11.5. The molecule has 0 atom stereocenters. The van der Waals surface area contributed by atoms with Gasteiger partial charge in [-0.25, -0.2) is 0 Å². The summed E-state index contributed by atoms with van der Waals surface area (Å²) in [6, 6.07) is 0. The minimum Gasteiger partial charge on any atom is -0.465 e. The van der Waals surface area contributed by atoms with E-state index in [1.165, 1.54) is 44.9 Å². The van der Waals surface area contributed by atoms with Crippen LogP contribution in [0.1, 0.15) is 79.1 Å². The molecule has 0 heterocycles. The monoisotopic (exact) mass is 242 g/mol. The van der Waals surface area contributed by atoms with E-state index in [4.69, 9.17) is 4.74 Å². The largest absolute Gasteiger partial charge is 0.465 e. The maximum atomic E-state index is 11.4. The predicted octanol–water partition coefficient (Wildman–Crippen LogP) is 4.72. The first-order valence-electron chi connectivity index (χ1n) is 7.15. The highest BCUT2D eigenvalue weighted by Gasteiger charge is 2.22. The molecular formula is C15H30O2. The third-order valence-electron chi connectivity index (χ3n) is 2.84. The number of rotatable bonds is 9. The van der Waals surface area contributed by atoms with E-state index in [1.54, 1.807) is 0 Å². The molecule has 0 radical (unpaired) electrons. The lowest BCUT2D eigenvalue weighted by Gasteiger charge is -2.16. The Balaban J connectivity index is 3.22. The lowest BCUT2D eigenvalue weighted by Crippen LogP contribution is -2.23. The fourth-order valence-corrected chi connectivity index (χ4v) is 1.62. The second-order valence-electron chi connectivity index (χ2n) is 5.86.